The van der Waals surface area contributed by atoms with Crippen molar-refractivity contribution in [3.05, 3.63) is 23.5 Å². The number of carbonyl (C=O) groups is 2. The third-order valence-corrected chi connectivity index (χ3v) is 3.95. The summed E-state index contributed by atoms with van der Waals surface area (Å²) >= 11 is 0. The second-order valence-electron chi connectivity index (χ2n) is 5.53. The van der Waals surface area contributed by atoms with Gasteiger partial charge in [-0.3, -0.25) is 9.59 Å². The number of morpholine rings is 1. The highest BCUT2D eigenvalue weighted by Gasteiger charge is 2.29. The second kappa shape index (κ2) is 6.02. The van der Waals surface area contributed by atoms with Crippen LogP contribution in [0.2, 0.25) is 0 Å². The predicted octanol–water partition coefficient (Wildman–Crippen LogP) is 1.03. The molecule has 0 radical (unpaired) electrons. The minimum Gasteiger partial charge on any atom is -0.375 e. The van der Waals surface area contributed by atoms with E-state index < -0.39 is 11.9 Å². The summed E-state index contributed by atoms with van der Waals surface area (Å²) in [4.78, 5) is 23.7. The quantitative estimate of drug-likeness (QED) is 0.762. The minimum atomic E-state index is -0.529. The summed E-state index contributed by atoms with van der Waals surface area (Å²) in [5.74, 6) is -0.965. The number of carbonyl (C=O) groups excluding carboxylic acids is 2. The Labute approximate surface area is 127 Å². The molecular weight excluding hydrogens is 289 g/mol. The van der Waals surface area contributed by atoms with Gasteiger partial charge in [-0.25, -0.2) is 4.39 Å². The molecule has 1 fully saturated rings. The molecule has 0 unspecified atom stereocenters. The molecule has 1 aromatic rings. The maximum Gasteiger partial charge on any atom is 0.244 e. The third-order valence-electron chi connectivity index (χ3n) is 3.95. The van der Waals surface area contributed by atoms with Crippen LogP contribution in [0.1, 0.15) is 18.9 Å². The first-order chi connectivity index (χ1) is 10.5. The number of amides is 2. The lowest BCUT2D eigenvalue weighted by molar-refractivity contribution is -0.123. The summed E-state index contributed by atoms with van der Waals surface area (Å²) in [5.41, 5.74) is 1.35. The lowest BCUT2D eigenvalue weighted by Gasteiger charge is -2.29. The molecule has 2 aliphatic rings. The van der Waals surface area contributed by atoms with Gasteiger partial charge in [-0.2, -0.15) is 0 Å². The van der Waals surface area contributed by atoms with E-state index in [4.69, 9.17) is 4.74 Å². The number of halogens is 1. The zero-order valence-electron chi connectivity index (χ0n) is 12.2. The van der Waals surface area contributed by atoms with Crippen molar-refractivity contribution in [2.24, 2.45) is 0 Å². The molecular formula is C15H18FN3O3. The van der Waals surface area contributed by atoms with Gasteiger partial charge in [0.25, 0.3) is 0 Å². The Kier molecular flexibility index (Phi) is 4.08. The molecule has 6 nitrogen and oxygen atoms in total. The molecule has 22 heavy (non-hydrogen) atoms. The maximum atomic E-state index is 14.1. The van der Waals surface area contributed by atoms with Crippen molar-refractivity contribution in [1.29, 1.82) is 0 Å². The molecule has 0 spiro atoms. The standard InChI is InChI=1S/C15H18FN3O3/c1-8-14(17-4-5-22-8)15(21)19-12-7-11-9(6-10(12)16)2-3-13(20)18-11/h6-8,14,17H,2-5H2,1H3,(H,18,20)(H,19,21)/t8-,14+/m1/s1. The van der Waals surface area contributed by atoms with Gasteiger partial charge in [0.1, 0.15) is 11.9 Å². The van der Waals surface area contributed by atoms with Gasteiger partial charge in [-0.05, 0) is 31.0 Å². The van der Waals surface area contributed by atoms with Crippen LogP contribution < -0.4 is 16.0 Å². The van der Waals surface area contributed by atoms with Crippen LogP contribution in [0.3, 0.4) is 0 Å². The van der Waals surface area contributed by atoms with Crippen molar-refractivity contribution in [3.8, 4) is 0 Å². The van der Waals surface area contributed by atoms with E-state index in [-0.39, 0.29) is 23.6 Å². The normalized spacial score (nSPS) is 24.4. The monoisotopic (exact) mass is 307 g/mol. The van der Waals surface area contributed by atoms with Crippen molar-refractivity contribution in [3.63, 3.8) is 0 Å². The summed E-state index contributed by atoms with van der Waals surface area (Å²) in [7, 11) is 0. The lowest BCUT2D eigenvalue weighted by atomic mass is 10.0. The highest BCUT2D eigenvalue weighted by molar-refractivity contribution is 5.98. The van der Waals surface area contributed by atoms with E-state index in [1.165, 1.54) is 12.1 Å². The first-order valence-electron chi connectivity index (χ1n) is 7.33. The molecule has 0 aromatic heterocycles. The van der Waals surface area contributed by atoms with Gasteiger partial charge in [0.05, 0.1) is 18.4 Å². The van der Waals surface area contributed by atoms with Crippen LogP contribution in [0.4, 0.5) is 15.8 Å². The highest BCUT2D eigenvalue weighted by atomic mass is 19.1. The molecule has 118 valence electrons. The van der Waals surface area contributed by atoms with Crippen LogP contribution in [-0.2, 0) is 20.7 Å². The largest absolute Gasteiger partial charge is 0.375 e. The average Bonchev–Trinajstić information content (AvgIpc) is 2.49. The van der Waals surface area contributed by atoms with Gasteiger partial charge in [-0.15, -0.1) is 0 Å². The molecule has 2 atom stereocenters. The second-order valence-corrected chi connectivity index (χ2v) is 5.53. The van der Waals surface area contributed by atoms with E-state index in [0.717, 1.165) is 5.56 Å². The Bertz CT molecular complexity index is 620. The highest BCUT2D eigenvalue weighted by Crippen LogP contribution is 2.28. The van der Waals surface area contributed by atoms with Gasteiger partial charge in [0.15, 0.2) is 0 Å². The van der Waals surface area contributed by atoms with Gasteiger partial charge in [0.2, 0.25) is 11.8 Å². The molecule has 3 rings (SSSR count). The topological polar surface area (TPSA) is 79.5 Å². The number of ether oxygens (including phenoxy) is 1. The van der Waals surface area contributed by atoms with Crippen LogP contribution in [0.15, 0.2) is 12.1 Å². The van der Waals surface area contributed by atoms with E-state index in [0.29, 0.717) is 31.7 Å². The molecule has 0 bridgehead atoms. The number of nitrogens with one attached hydrogen (secondary N) is 3. The van der Waals surface area contributed by atoms with Crippen LogP contribution >= 0.6 is 0 Å². The lowest BCUT2D eigenvalue weighted by Crippen LogP contribution is -2.53. The van der Waals surface area contributed by atoms with Gasteiger partial charge < -0.3 is 20.7 Å². The Hall–Kier alpha value is -1.99. The molecule has 3 N–H and O–H groups in total. The van der Waals surface area contributed by atoms with Gasteiger partial charge in [0, 0.05) is 18.7 Å². The number of fused-ring (bicyclic) bond motifs is 1. The molecule has 0 aliphatic carbocycles. The van der Waals surface area contributed by atoms with Crippen LogP contribution in [-0.4, -0.2) is 37.1 Å². The fourth-order valence-electron chi connectivity index (χ4n) is 2.73. The summed E-state index contributed by atoms with van der Waals surface area (Å²) in [6.45, 7) is 2.91. The summed E-state index contributed by atoms with van der Waals surface area (Å²) in [6, 6.07) is 2.30. The van der Waals surface area contributed by atoms with Crippen LogP contribution in [0.25, 0.3) is 0 Å². The fourth-order valence-corrected chi connectivity index (χ4v) is 2.73. The van der Waals surface area contributed by atoms with E-state index in [9.17, 15) is 14.0 Å². The smallest absolute Gasteiger partial charge is 0.244 e. The molecule has 7 heteroatoms. The van der Waals surface area contributed by atoms with Crippen molar-refractivity contribution < 1.29 is 18.7 Å². The SMILES string of the molecule is C[C@H]1OCCN[C@@H]1C(=O)Nc1cc2c(cc1F)CCC(=O)N2. The van der Waals surface area contributed by atoms with E-state index in [2.05, 4.69) is 16.0 Å². The third kappa shape index (κ3) is 2.95. The average molecular weight is 307 g/mol. The predicted molar refractivity (Wildman–Crippen MR) is 79.2 cm³/mol. The minimum absolute atomic E-state index is 0.0607. The van der Waals surface area contributed by atoms with E-state index in [1.54, 1.807) is 6.92 Å². The first kappa shape index (κ1) is 14.9. The Balaban J connectivity index is 1.78. The van der Waals surface area contributed by atoms with Crippen molar-refractivity contribution in [2.75, 3.05) is 23.8 Å². The molecule has 2 amide bonds. The molecule has 2 heterocycles. The van der Waals surface area contributed by atoms with Crippen molar-refractivity contribution in [1.82, 2.24) is 5.32 Å². The zero-order valence-corrected chi connectivity index (χ0v) is 12.2. The van der Waals surface area contributed by atoms with Gasteiger partial charge >= 0.3 is 0 Å². The Morgan fingerprint density at radius 2 is 2.23 bits per heavy atom. The zero-order chi connectivity index (χ0) is 15.7. The summed E-state index contributed by atoms with van der Waals surface area (Å²) < 4.78 is 19.5. The number of rotatable bonds is 2. The fraction of sp³-hybridized carbons (Fsp3) is 0.467. The number of benzene rings is 1. The molecule has 1 aromatic carbocycles. The Morgan fingerprint density at radius 3 is 3.00 bits per heavy atom. The van der Waals surface area contributed by atoms with E-state index in [1.807, 2.05) is 0 Å². The van der Waals surface area contributed by atoms with Crippen molar-refractivity contribution >= 4 is 23.2 Å². The molecule has 0 saturated carbocycles. The first-order valence-corrected chi connectivity index (χ1v) is 7.33. The number of anilines is 2. The van der Waals surface area contributed by atoms with E-state index >= 15 is 0 Å². The number of aryl methyl sites for hydroxylation is 1. The summed E-state index contributed by atoms with van der Waals surface area (Å²) in [6.07, 6.45) is 0.564. The molecule has 2 aliphatic heterocycles. The van der Waals surface area contributed by atoms with Crippen molar-refractivity contribution in [2.45, 2.75) is 31.9 Å². The maximum absolute atomic E-state index is 14.1. The molecule has 1 saturated heterocycles. The number of hydrogen-bond donors (Lipinski definition) is 3. The van der Waals surface area contributed by atoms with Gasteiger partial charge in [-0.1, -0.05) is 0 Å². The number of hydrogen-bond acceptors (Lipinski definition) is 4. The summed E-state index contributed by atoms with van der Waals surface area (Å²) in [5, 5.41) is 8.31. The van der Waals surface area contributed by atoms with Crippen LogP contribution in [0.5, 0.6) is 0 Å². The van der Waals surface area contributed by atoms with Crippen LogP contribution in [0, 0.1) is 5.82 Å². The Morgan fingerprint density at radius 1 is 1.41 bits per heavy atom.